The van der Waals surface area contributed by atoms with Gasteiger partial charge in [0.25, 0.3) is 0 Å². The van der Waals surface area contributed by atoms with E-state index in [2.05, 4.69) is 16.9 Å². The van der Waals surface area contributed by atoms with Gasteiger partial charge in [0.2, 0.25) is 0 Å². The molecule has 0 bridgehead atoms. The van der Waals surface area contributed by atoms with Gasteiger partial charge in [0.05, 0.1) is 31.3 Å². The Bertz CT molecular complexity index is 979. The molecule has 2 heterocycles. The van der Waals surface area contributed by atoms with E-state index < -0.39 is 0 Å². The summed E-state index contributed by atoms with van der Waals surface area (Å²) >= 11 is 0. The third kappa shape index (κ3) is 3.19. The van der Waals surface area contributed by atoms with Crippen molar-refractivity contribution < 1.29 is 9.47 Å². The van der Waals surface area contributed by atoms with Gasteiger partial charge >= 0.3 is 0 Å². The number of methoxy groups -OCH3 is 2. The van der Waals surface area contributed by atoms with Crippen molar-refractivity contribution in [2.45, 2.75) is 6.92 Å². The molecule has 0 amide bonds. The molecule has 0 saturated carbocycles. The average molecular weight is 359 g/mol. The summed E-state index contributed by atoms with van der Waals surface area (Å²) in [5.41, 5.74) is 6.06. The van der Waals surface area contributed by atoms with Gasteiger partial charge in [0, 0.05) is 17.3 Å². The number of hydrogen-bond acceptors (Lipinski definition) is 3. The lowest BCUT2D eigenvalue weighted by Crippen LogP contribution is -1.87. The van der Waals surface area contributed by atoms with Crippen molar-refractivity contribution >= 4 is 0 Å². The molecule has 2 aromatic carbocycles. The Kier molecular flexibility index (Phi) is 4.42. The summed E-state index contributed by atoms with van der Waals surface area (Å²) in [4.78, 5) is 11.7. The number of imidazole rings is 1. The van der Waals surface area contributed by atoms with E-state index in [0.29, 0.717) is 0 Å². The topological polar surface area (TPSA) is 62.9 Å². The number of nitrogens with one attached hydrogen (secondary N) is 2. The van der Waals surface area contributed by atoms with Crippen LogP contribution in [-0.4, -0.2) is 29.2 Å². The highest BCUT2D eigenvalue weighted by atomic mass is 16.5. The van der Waals surface area contributed by atoms with Crippen LogP contribution in [0.2, 0.25) is 0 Å². The number of benzene rings is 2. The van der Waals surface area contributed by atoms with Crippen LogP contribution in [0.1, 0.15) is 5.56 Å². The number of aromatic amines is 2. The quantitative estimate of drug-likeness (QED) is 0.523. The van der Waals surface area contributed by atoms with Gasteiger partial charge < -0.3 is 19.4 Å². The van der Waals surface area contributed by atoms with E-state index in [-0.39, 0.29) is 0 Å². The molecule has 2 aromatic heterocycles. The van der Waals surface area contributed by atoms with E-state index in [1.54, 1.807) is 14.2 Å². The first kappa shape index (κ1) is 17.0. The first-order valence-electron chi connectivity index (χ1n) is 8.73. The molecular weight excluding hydrogens is 338 g/mol. The molecule has 4 aromatic rings. The minimum absolute atomic E-state index is 0.814. The predicted molar refractivity (Wildman–Crippen MR) is 107 cm³/mol. The Morgan fingerprint density at radius 2 is 1.33 bits per heavy atom. The zero-order valence-corrected chi connectivity index (χ0v) is 15.5. The lowest BCUT2D eigenvalue weighted by Gasteiger charge is -2.06. The maximum atomic E-state index is 5.28. The fourth-order valence-electron chi connectivity index (χ4n) is 3.12. The summed E-state index contributed by atoms with van der Waals surface area (Å²) in [5, 5.41) is 0. The minimum atomic E-state index is 0.814. The van der Waals surface area contributed by atoms with Gasteiger partial charge in [-0.25, -0.2) is 4.98 Å². The summed E-state index contributed by atoms with van der Waals surface area (Å²) in [5.74, 6) is 2.46. The van der Waals surface area contributed by atoms with Crippen molar-refractivity contribution in [3.8, 4) is 45.5 Å². The van der Waals surface area contributed by atoms with Crippen LogP contribution in [0.4, 0.5) is 0 Å². The van der Waals surface area contributed by atoms with Crippen molar-refractivity contribution in [2.24, 2.45) is 0 Å². The molecule has 0 atom stereocenters. The summed E-state index contributed by atoms with van der Waals surface area (Å²) in [6.45, 7) is 2.06. The molecule has 2 N–H and O–H groups in total. The number of H-pyrrole nitrogens is 2. The normalized spacial score (nSPS) is 10.8. The molecule has 5 nitrogen and oxygen atoms in total. The SMILES string of the molecule is COc1ccc(-c2nc(-c3[nH]ccc3C)[nH]c2-c2ccc(OC)cc2)cc1. The van der Waals surface area contributed by atoms with Crippen LogP contribution in [0.25, 0.3) is 34.0 Å². The molecule has 4 rings (SSSR count). The van der Waals surface area contributed by atoms with Crippen LogP contribution in [0.15, 0.2) is 60.8 Å². The molecule has 0 aliphatic rings. The smallest absolute Gasteiger partial charge is 0.155 e. The lowest BCUT2D eigenvalue weighted by molar-refractivity contribution is 0.414. The Hall–Kier alpha value is -3.47. The van der Waals surface area contributed by atoms with Crippen LogP contribution >= 0.6 is 0 Å². The second kappa shape index (κ2) is 7.03. The molecule has 0 fully saturated rings. The van der Waals surface area contributed by atoms with Gasteiger partial charge in [-0.05, 0) is 67.1 Å². The van der Waals surface area contributed by atoms with E-state index in [1.165, 1.54) is 0 Å². The van der Waals surface area contributed by atoms with Crippen LogP contribution < -0.4 is 9.47 Å². The standard InChI is InChI=1S/C22H21N3O2/c1-14-12-13-23-19(14)22-24-20(15-4-8-17(26-2)9-5-15)21(25-22)16-6-10-18(27-3)11-7-16/h4-13,23H,1-3H3,(H,24,25). The summed E-state index contributed by atoms with van der Waals surface area (Å²) in [6, 6.07) is 17.9. The second-order valence-corrected chi connectivity index (χ2v) is 6.30. The Morgan fingerprint density at radius 3 is 1.85 bits per heavy atom. The monoisotopic (exact) mass is 359 g/mol. The molecule has 5 heteroatoms. The Morgan fingerprint density at radius 1 is 0.741 bits per heavy atom. The minimum Gasteiger partial charge on any atom is -0.497 e. The third-order valence-electron chi connectivity index (χ3n) is 4.64. The van der Waals surface area contributed by atoms with Crippen molar-refractivity contribution in [3.63, 3.8) is 0 Å². The number of aromatic nitrogens is 3. The zero-order valence-electron chi connectivity index (χ0n) is 15.5. The molecule has 0 unspecified atom stereocenters. The molecule has 27 heavy (non-hydrogen) atoms. The van der Waals surface area contributed by atoms with Gasteiger partial charge in [-0.15, -0.1) is 0 Å². The summed E-state index contributed by atoms with van der Waals surface area (Å²) < 4.78 is 10.6. The molecule has 0 saturated heterocycles. The molecule has 0 spiro atoms. The van der Waals surface area contributed by atoms with Gasteiger partial charge in [0.15, 0.2) is 5.82 Å². The number of hydrogen-bond donors (Lipinski definition) is 2. The molecule has 136 valence electrons. The molecule has 0 aliphatic carbocycles. The van der Waals surface area contributed by atoms with Crippen molar-refractivity contribution in [2.75, 3.05) is 14.2 Å². The number of nitrogens with zero attached hydrogens (tertiary/aromatic N) is 1. The van der Waals surface area contributed by atoms with E-state index in [9.17, 15) is 0 Å². The first-order valence-corrected chi connectivity index (χ1v) is 8.73. The largest absolute Gasteiger partial charge is 0.497 e. The molecular formula is C22H21N3O2. The molecule has 0 radical (unpaired) electrons. The highest BCUT2D eigenvalue weighted by Gasteiger charge is 2.17. The highest BCUT2D eigenvalue weighted by molar-refractivity contribution is 5.81. The van der Waals surface area contributed by atoms with Gasteiger partial charge in [-0.2, -0.15) is 0 Å². The van der Waals surface area contributed by atoms with E-state index >= 15 is 0 Å². The van der Waals surface area contributed by atoms with Gasteiger partial charge in [-0.3, -0.25) is 0 Å². The van der Waals surface area contributed by atoms with Crippen LogP contribution in [0.3, 0.4) is 0 Å². The van der Waals surface area contributed by atoms with Crippen molar-refractivity contribution in [1.82, 2.24) is 15.0 Å². The molecule has 0 aliphatic heterocycles. The summed E-state index contributed by atoms with van der Waals surface area (Å²) in [7, 11) is 3.33. The Balaban J connectivity index is 1.86. The van der Waals surface area contributed by atoms with E-state index in [0.717, 1.165) is 51.1 Å². The third-order valence-corrected chi connectivity index (χ3v) is 4.64. The second-order valence-electron chi connectivity index (χ2n) is 6.30. The van der Waals surface area contributed by atoms with Crippen LogP contribution in [0.5, 0.6) is 11.5 Å². The van der Waals surface area contributed by atoms with Crippen LogP contribution in [-0.2, 0) is 0 Å². The fourth-order valence-corrected chi connectivity index (χ4v) is 3.12. The summed E-state index contributed by atoms with van der Waals surface area (Å²) in [6.07, 6.45) is 1.92. The number of rotatable bonds is 5. The average Bonchev–Trinajstić information content (AvgIpc) is 3.34. The Labute approximate surface area is 158 Å². The first-order chi connectivity index (χ1) is 13.2. The number of ether oxygens (including phenoxy) is 2. The van der Waals surface area contributed by atoms with Gasteiger partial charge in [0.1, 0.15) is 11.5 Å². The predicted octanol–water partition coefficient (Wildman–Crippen LogP) is 5.06. The van der Waals surface area contributed by atoms with Crippen molar-refractivity contribution in [3.05, 3.63) is 66.4 Å². The van der Waals surface area contributed by atoms with Crippen LogP contribution in [0, 0.1) is 6.92 Å². The number of aryl methyl sites for hydroxylation is 1. The fraction of sp³-hybridized carbons (Fsp3) is 0.136. The van der Waals surface area contributed by atoms with Crippen molar-refractivity contribution in [1.29, 1.82) is 0 Å². The maximum absolute atomic E-state index is 5.28. The maximum Gasteiger partial charge on any atom is 0.155 e. The highest BCUT2D eigenvalue weighted by Crippen LogP contribution is 2.34. The van der Waals surface area contributed by atoms with E-state index in [1.807, 2.05) is 60.8 Å². The lowest BCUT2D eigenvalue weighted by atomic mass is 10.0. The van der Waals surface area contributed by atoms with E-state index in [4.69, 9.17) is 14.5 Å². The van der Waals surface area contributed by atoms with Gasteiger partial charge in [-0.1, -0.05) is 0 Å². The zero-order chi connectivity index (χ0) is 18.8.